The number of ether oxygens (including phenoxy) is 1. The summed E-state index contributed by atoms with van der Waals surface area (Å²) in [6.45, 7) is 3.41. The van der Waals surface area contributed by atoms with Crippen molar-refractivity contribution in [3.8, 4) is 5.75 Å². The summed E-state index contributed by atoms with van der Waals surface area (Å²) in [7, 11) is 0. The van der Waals surface area contributed by atoms with Crippen LogP contribution in [0.5, 0.6) is 5.75 Å². The summed E-state index contributed by atoms with van der Waals surface area (Å²) in [6.07, 6.45) is 6.45. The number of hydrogen-bond acceptors (Lipinski definition) is 3. The minimum atomic E-state index is -0.477. The molecule has 25 heavy (non-hydrogen) atoms. The van der Waals surface area contributed by atoms with E-state index in [1.807, 2.05) is 54.1 Å². The Balaban J connectivity index is 1.52. The van der Waals surface area contributed by atoms with Crippen molar-refractivity contribution in [1.82, 2.24) is 14.9 Å². The number of nitrogens with zero attached hydrogens (tertiary/aromatic N) is 2. The Morgan fingerprint density at radius 1 is 1.24 bits per heavy atom. The number of carbonyl (C=O) groups is 1. The van der Waals surface area contributed by atoms with Crippen molar-refractivity contribution < 1.29 is 9.53 Å². The molecule has 0 unspecified atom stereocenters. The summed E-state index contributed by atoms with van der Waals surface area (Å²) < 4.78 is 7.90. The number of amides is 1. The molecule has 0 bridgehead atoms. The van der Waals surface area contributed by atoms with E-state index in [0.717, 1.165) is 29.5 Å². The first-order chi connectivity index (χ1) is 12.3. The van der Waals surface area contributed by atoms with E-state index >= 15 is 0 Å². The summed E-state index contributed by atoms with van der Waals surface area (Å²) in [6, 6.07) is 14.0. The van der Waals surface area contributed by atoms with Crippen molar-refractivity contribution in [2.24, 2.45) is 0 Å². The van der Waals surface area contributed by atoms with Gasteiger partial charge in [0.1, 0.15) is 5.75 Å². The fraction of sp³-hybridized carbons (Fsp3) is 0.300. The van der Waals surface area contributed by atoms with Crippen molar-refractivity contribution in [1.29, 1.82) is 0 Å². The second kappa shape index (κ2) is 8.33. The van der Waals surface area contributed by atoms with Crippen LogP contribution in [0.4, 0.5) is 0 Å². The number of imidazole rings is 1. The highest BCUT2D eigenvalue weighted by Crippen LogP contribution is 2.22. The number of carbonyl (C=O) groups excluding carboxylic acids is 1. The van der Waals surface area contributed by atoms with Gasteiger partial charge in [0.15, 0.2) is 6.10 Å². The molecule has 1 N–H and O–H groups in total. The third kappa shape index (κ3) is 4.59. The number of aromatic nitrogens is 2. The first kappa shape index (κ1) is 17.0. The number of hydrogen-bond donors (Lipinski definition) is 1. The number of aryl methyl sites for hydroxylation is 1. The van der Waals surface area contributed by atoms with Gasteiger partial charge >= 0.3 is 0 Å². The van der Waals surface area contributed by atoms with E-state index in [1.165, 1.54) is 0 Å². The molecule has 130 valence electrons. The van der Waals surface area contributed by atoms with E-state index in [1.54, 1.807) is 12.5 Å². The van der Waals surface area contributed by atoms with Gasteiger partial charge in [0, 0.05) is 25.5 Å². The van der Waals surface area contributed by atoms with Gasteiger partial charge in [-0.05, 0) is 35.7 Å². The zero-order valence-electron chi connectivity index (χ0n) is 14.4. The highest BCUT2D eigenvalue weighted by Gasteiger charge is 2.17. The smallest absolute Gasteiger partial charge is 0.261 e. The van der Waals surface area contributed by atoms with Crippen molar-refractivity contribution in [3.05, 3.63) is 61.2 Å². The molecule has 0 radical (unpaired) electrons. The van der Waals surface area contributed by atoms with E-state index in [-0.39, 0.29) is 5.91 Å². The molecule has 1 heterocycles. The fourth-order valence-corrected chi connectivity index (χ4v) is 2.73. The second-order valence-corrected chi connectivity index (χ2v) is 5.97. The summed E-state index contributed by atoms with van der Waals surface area (Å²) in [5.41, 5.74) is 0. The van der Waals surface area contributed by atoms with Gasteiger partial charge in [-0.3, -0.25) is 4.79 Å². The molecule has 3 rings (SSSR count). The van der Waals surface area contributed by atoms with E-state index in [9.17, 15) is 4.79 Å². The van der Waals surface area contributed by atoms with Crippen molar-refractivity contribution >= 4 is 16.7 Å². The normalized spacial score (nSPS) is 12.0. The molecule has 2 aromatic carbocycles. The Hall–Kier alpha value is -2.82. The van der Waals surface area contributed by atoms with Crippen LogP contribution < -0.4 is 10.1 Å². The van der Waals surface area contributed by atoms with E-state index in [2.05, 4.69) is 16.4 Å². The van der Waals surface area contributed by atoms with Crippen LogP contribution in [0.3, 0.4) is 0 Å². The molecule has 0 saturated carbocycles. The molecular formula is C20H23N3O2. The van der Waals surface area contributed by atoms with Gasteiger partial charge in [0.05, 0.1) is 6.33 Å². The molecule has 0 aliphatic rings. The summed E-state index contributed by atoms with van der Waals surface area (Å²) in [5, 5.41) is 5.22. The Kier molecular flexibility index (Phi) is 5.67. The van der Waals surface area contributed by atoms with Crippen molar-refractivity contribution in [2.45, 2.75) is 32.4 Å². The van der Waals surface area contributed by atoms with Crippen LogP contribution in [0.15, 0.2) is 61.2 Å². The Morgan fingerprint density at radius 2 is 2.08 bits per heavy atom. The predicted molar refractivity (Wildman–Crippen MR) is 98.5 cm³/mol. The van der Waals surface area contributed by atoms with Crippen molar-refractivity contribution in [3.63, 3.8) is 0 Å². The number of fused-ring (bicyclic) bond motifs is 1. The molecule has 0 aliphatic carbocycles. The SMILES string of the molecule is CC[C@@H](Oc1ccc2ccccc2c1)C(=O)NCCCn1ccnc1. The zero-order chi connectivity index (χ0) is 17.5. The zero-order valence-corrected chi connectivity index (χ0v) is 14.4. The lowest BCUT2D eigenvalue weighted by Crippen LogP contribution is -2.38. The number of benzene rings is 2. The molecule has 0 saturated heterocycles. The lowest BCUT2D eigenvalue weighted by Gasteiger charge is -2.17. The van der Waals surface area contributed by atoms with Gasteiger partial charge < -0.3 is 14.6 Å². The fourth-order valence-electron chi connectivity index (χ4n) is 2.73. The maximum absolute atomic E-state index is 12.3. The molecule has 0 fully saturated rings. The molecule has 3 aromatic rings. The average Bonchev–Trinajstić information content (AvgIpc) is 3.16. The lowest BCUT2D eigenvalue weighted by molar-refractivity contribution is -0.128. The minimum Gasteiger partial charge on any atom is -0.481 e. The summed E-state index contributed by atoms with van der Waals surface area (Å²) >= 11 is 0. The van der Waals surface area contributed by atoms with Crippen LogP contribution in [0.25, 0.3) is 10.8 Å². The molecule has 5 heteroatoms. The van der Waals surface area contributed by atoms with Gasteiger partial charge in [-0.1, -0.05) is 37.3 Å². The van der Waals surface area contributed by atoms with Gasteiger partial charge in [-0.15, -0.1) is 0 Å². The third-order valence-electron chi connectivity index (χ3n) is 4.11. The average molecular weight is 337 g/mol. The molecular weight excluding hydrogens is 314 g/mol. The van der Waals surface area contributed by atoms with Gasteiger partial charge in [-0.25, -0.2) is 4.98 Å². The van der Waals surface area contributed by atoms with Crippen LogP contribution in [0.1, 0.15) is 19.8 Å². The van der Waals surface area contributed by atoms with E-state index < -0.39 is 6.10 Å². The van der Waals surface area contributed by atoms with Crippen LogP contribution in [0, 0.1) is 0 Å². The predicted octanol–water partition coefficient (Wildman–Crippen LogP) is 3.40. The summed E-state index contributed by atoms with van der Waals surface area (Å²) in [4.78, 5) is 16.3. The number of rotatable bonds is 8. The Labute approximate surface area is 147 Å². The number of nitrogens with one attached hydrogen (secondary N) is 1. The summed E-state index contributed by atoms with van der Waals surface area (Å²) in [5.74, 6) is 0.653. The molecule has 0 aliphatic heterocycles. The van der Waals surface area contributed by atoms with E-state index in [0.29, 0.717) is 13.0 Å². The van der Waals surface area contributed by atoms with Crippen LogP contribution in [0.2, 0.25) is 0 Å². The van der Waals surface area contributed by atoms with Crippen LogP contribution >= 0.6 is 0 Å². The molecule has 1 amide bonds. The third-order valence-corrected chi connectivity index (χ3v) is 4.11. The molecule has 1 aromatic heterocycles. The highest BCUT2D eigenvalue weighted by atomic mass is 16.5. The van der Waals surface area contributed by atoms with Gasteiger partial charge in [0.2, 0.25) is 0 Å². The Bertz CT molecular complexity index is 815. The quantitative estimate of drug-likeness (QED) is 0.641. The highest BCUT2D eigenvalue weighted by molar-refractivity contribution is 5.84. The topological polar surface area (TPSA) is 56.1 Å². The Morgan fingerprint density at radius 3 is 2.84 bits per heavy atom. The van der Waals surface area contributed by atoms with Crippen LogP contribution in [-0.4, -0.2) is 28.1 Å². The largest absolute Gasteiger partial charge is 0.481 e. The maximum Gasteiger partial charge on any atom is 0.261 e. The van der Waals surface area contributed by atoms with Crippen molar-refractivity contribution in [2.75, 3.05) is 6.54 Å². The minimum absolute atomic E-state index is 0.0683. The first-order valence-electron chi connectivity index (χ1n) is 8.65. The monoisotopic (exact) mass is 337 g/mol. The second-order valence-electron chi connectivity index (χ2n) is 5.97. The first-order valence-corrected chi connectivity index (χ1v) is 8.65. The molecule has 1 atom stereocenters. The molecule has 5 nitrogen and oxygen atoms in total. The van der Waals surface area contributed by atoms with E-state index in [4.69, 9.17) is 4.74 Å². The maximum atomic E-state index is 12.3. The van der Waals surface area contributed by atoms with Gasteiger partial charge in [0.25, 0.3) is 5.91 Å². The standard InChI is InChI=1S/C20H23N3O2/c1-2-19(20(24)22-10-5-12-23-13-11-21-15-23)25-18-9-8-16-6-3-4-7-17(16)14-18/h3-4,6-9,11,13-15,19H,2,5,10,12H2,1H3,(H,22,24)/t19-/m1/s1. The lowest BCUT2D eigenvalue weighted by atomic mass is 10.1. The van der Waals surface area contributed by atoms with Gasteiger partial charge in [-0.2, -0.15) is 0 Å². The van der Waals surface area contributed by atoms with Crippen LogP contribution in [-0.2, 0) is 11.3 Å². The molecule has 0 spiro atoms.